The molecule has 24 heavy (non-hydrogen) atoms. The first kappa shape index (κ1) is 19.7. The number of benzene rings is 1. The molecular weight excluding hydrogens is 306 g/mol. The van der Waals surface area contributed by atoms with E-state index in [1.165, 1.54) is 7.05 Å². The molecule has 0 bridgehead atoms. The van der Waals surface area contributed by atoms with Crippen molar-refractivity contribution in [2.45, 2.75) is 40.2 Å². The lowest BCUT2D eigenvalue weighted by atomic mass is 10.0. The molecule has 0 radical (unpaired) electrons. The van der Waals surface area contributed by atoms with Gasteiger partial charge in [-0.25, -0.2) is 0 Å². The Morgan fingerprint density at radius 3 is 2.12 bits per heavy atom. The number of hydrogen-bond donors (Lipinski definition) is 3. The molecule has 0 aliphatic heterocycles. The van der Waals surface area contributed by atoms with Gasteiger partial charge in [0, 0.05) is 12.6 Å². The summed E-state index contributed by atoms with van der Waals surface area (Å²) >= 11 is 0. The van der Waals surface area contributed by atoms with Crippen molar-refractivity contribution in [2.24, 2.45) is 5.92 Å². The molecule has 1 aromatic carbocycles. The number of rotatable bonds is 7. The van der Waals surface area contributed by atoms with Gasteiger partial charge in [-0.1, -0.05) is 31.0 Å². The van der Waals surface area contributed by atoms with Crippen molar-refractivity contribution in [1.29, 1.82) is 0 Å². The minimum Gasteiger partial charge on any atom is -0.357 e. The van der Waals surface area contributed by atoms with Crippen molar-refractivity contribution < 1.29 is 14.4 Å². The molecule has 0 aliphatic rings. The summed E-state index contributed by atoms with van der Waals surface area (Å²) in [6.07, 6.45) is 0.538. The van der Waals surface area contributed by atoms with Gasteiger partial charge in [-0.05, 0) is 38.3 Å². The smallest absolute Gasteiger partial charge is 0.251 e. The average Bonchev–Trinajstić information content (AvgIpc) is 2.49. The highest BCUT2D eigenvalue weighted by atomic mass is 16.2. The van der Waals surface area contributed by atoms with E-state index in [1.54, 1.807) is 12.1 Å². The molecule has 0 heterocycles. The van der Waals surface area contributed by atoms with Crippen LogP contribution in [0, 0.1) is 19.8 Å². The summed E-state index contributed by atoms with van der Waals surface area (Å²) in [5.74, 6) is -0.672. The zero-order valence-corrected chi connectivity index (χ0v) is 15.0. The third kappa shape index (κ3) is 6.40. The average molecular weight is 333 g/mol. The fourth-order valence-corrected chi connectivity index (χ4v) is 2.49. The van der Waals surface area contributed by atoms with Crippen molar-refractivity contribution >= 4 is 17.7 Å². The van der Waals surface area contributed by atoms with Crippen LogP contribution in [0.4, 0.5) is 0 Å². The third-order valence-corrected chi connectivity index (χ3v) is 3.50. The van der Waals surface area contributed by atoms with E-state index in [2.05, 4.69) is 16.0 Å². The van der Waals surface area contributed by atoms with Crippen molar-refractivity contribution in [3.8, 4) is 0 Å². The number of amides is 3. The largest absolute Gasteiger partial charge is 0.357 e. The van der Waals surface area contributed by atoms with Crippen LogP contribution in [-0.2, 0) is 9.59 Å². The zero-order chi connectivity index (χ0) is 18.3. The van der Waals surface area contributed by atoms with Crippen LogP contribution in [0.3, 0.4) is 0 Å². The Labute approximate surface area is 143 Å². The van der Waals surface area contributed by atoms with Gasteiger partial charge in [-0.2, -0.15) is 0 Å². The molecule has 132 valence electrons. The molecule has 0 saturated heterocycles. The molecule has 1 atom stereocenters. The van der Waals surface area contributed by atoms with Gasteiger partial charge in [0.05, 0.1) is 6.54 Å². The predicted octanol–water partition coefficient (Wildman–Crippen LogP) is 1.31. The second-order valence-electron chi connectivity index (χ2n) is 6.42. The van der Waals surface area contributed by atoms with Gasteiger partial charge in [0.1, 0.15) is 6.04 Å². The summed E-state index contributed by atoms with van der Waals surface area (Å²) in [6.45, 7) is 7.61. The summed E-state index contributed by atoms with van der Waals surface area (Å²) in [5.41, 5.74) is 2.49. The Morgan fingerprint density at radius 2 is 1.62 bits per heavy atom. The fraction of sp³-hybridized carbons (Fsp3) is 0.500. The Hall–Kier alpha value is -2.37. The van der Waals surface area contributed by atoms with E-state index in [1.807, 2.05) is 33.8 Å². The Balaban J connectivity index is 2.60. The SMILES string of the molecule is CNC(=O)C(CC(C)C)NC(=O)CNC(=O)c1cc(C)cc(C)c1. The fourth-order valence-electron chi connectivity index (χ4n) is 2.49. The van der Waals surface area contributed by atoms with E-state index >= 15 is 0 Å². The Bertz CT molecular complexity index is 591. The molecule has 6 nitrogen and oxygen atoms in total. The van der Waals surface area contributed by atoms with Gasteiger partial charge in [0.15, 0.2) is 0 Å². The Kier molecular flexibility index (Phi) is 7.42. The molecule has 1 unspecified atom stereocenters. The van der Waals surface area contributed by atoms with Crippen LogP contribution in [0.5, 0.6) is 0 Å². The van der Waals surface area contributed by atoms with Crippen molar-refractivity contribution in [2.75, 3.05) is 13.6 Å². The summed E-state index contributed by atoms with van der Waals surface area (Å²) in [5, 5.41) is 7.79. The van der Waals surface area contributed by atoms with E-state index < -0.39 is 6.04 Å². The van der Waals surface area contributed by atoms with Crippen LogP contribution < -0.4 is 16.0 Å². The molecule has 0 aliphatic carbocycles. The lowest BCUT2D eigenvalue weighted by molar-refractivity contribution is -0.128. The van der Waals surface area contributed by atoms with Crippen LogP contribution in [-0.4, -0.2) is 37.4 Å². The van der Waals surface area contributed by atoms with Crippen LogP contribution in [0.2, 0.25) is 0 Å². The van der Waals surface area contributed by atoms with E-state index in [4.69, 9.17) is 0 Å². The normalized spacial score (nSPS) is 11.8. The molecule has 0 aromatic heterocycles. The lowest BCUT2D eigenvalue weighted by Gasteiger charge is -2.19. The zero-order valence-electron chi connectivity index (χ0n) is 15.0. The maximum absolute atomic E-state index is 12.1. The van der Waals surface area contributed by atoms with Crippen LogP contribution in [0.25, 0.3) is 0 Å². The number of carbonyl (C=O) groups is 3. The summed E-state index contributed by atoms with van der Waals surface area (Å²) < 4.78 is 0. The van der Waals surface area contributed by atoms with Crippen LogP contribution in [0.15, 0.2) is 18.2 Å². The topological polar surface area (TPSA) is 87.3 Å². The molecule has 3 N–H and O–H groups in total. The van der Waals surface area contributed by atoms with E-state index in [0.717, 1.165) is 11.1 Å². The maximum atomic E-state index is 12.1. The predicted molar refractivity (Wildman–Crippen MR) is 93.7 cm³/mol. The minimum atomic E-state index is -0.597. The first-order valence-electron chi connectivity index (χ1n) is 8.10. The molecule has 3 amide bonds. The van der Waals surface area contributed by atoms with Crippen molar-refractivity contribution in [1.82, 2.24) is 16.0 Å². The second-order valence-corrected chi connectivity index (χ2v) is 6.42. The third-order valence-electron chi connectivity index (χ3n) is 3.50. The van der Waals surface area contributed by atoms with E-state index in [0.29, 0.717) is 12.0 Å². The summed E-state index contributed by atoms with van der Waals surface area (Å²) in [4.78, 5) is 36.0. The quantitative estimate of drug-likeness (QED) is 0.703. The maximum Gasteiger partial charge on any atom is 0.251 e. The van der Waals surface area contributed by atoms with Crippen molar-refractivity contribution in [3.63, 3.8) is 0 Å². The molecular formula is C18H27N3O3. The lowest BCUT2D eigenvalue weighted by Crippen LogP contribution is -2.49. The monoisotopic (exact) mass is 333 g/mol. The number of carbonyl (C=O) groups excluding carboxylic acids is 3. The van der Waals surface area contributed by atoms with Gasteiger partial charge in [-0.15, -0.1) is 0 Å². The molecule has 1 rings (SSSR count). The molecule has 1 aromatic rings. The highest BCUT2D eigenvalue weighted by Gasteiger charge is 2.21. The van der Waals surface area contributed by atoms with Gasteiger partial charge >= 0.3 is 0 Å². The van der Waals surface area contributed by atoms with Gasteiger partial charge in [-0.3, -0.25) is 14.4 Å². The number of nitrogens with one attached hydrogen (secondary N) is 3. The molecule has 0 spiro atoms. The van der Waals surface area contributed by atoms with Gasteiger partial charge in [0.25, 0.3) is 5.91 Å². The van der Waals surface area contributed by atoms with E-state index in [-0.39, 0.29) is 30.2 Å². The number of hydrogen-bond acceptors (Lipinski definition) is 3. The van der Waals surface area contributed by atoms with Gasteiger partial charge < -0.3 is 16.0 Å². The van der Waals surface area contributed by atoms with Gasteiger partial charge in [0.2, 0.25) is 11.8 Å². The highest BCUT2D eigenvalue weighted by molar-refractivity contribution is 5.97. The number of likely N-dealkylation sites (N-methyl/N-ethyl adjacent to an activating group) is 1. The minimum absolute atomic E-state index is 0.169. The Morgan fingerprint density at radius 1 is 1.04 bits per heavy atom. The molecule has 0 fully saturated rings. The highest BCUT2D eigenvalue weighted by Crippen LogP contribution is 2.08. The second kappa shape index (κ2) is 9.05. The first-order chi connectivity index (χ1) is 11.2. The summed E-state index contributed by atoms with van der Waals surface area (Å²) in [7, 11) is 1.53. The van der Waals surface area contributed by atoms with Crippen LogP contribution in [0.1, 0.15) is 41.8 Å². The van der Waals surface area contributed by atoms with Crippen molar-refractivity contribution in [3.05, 3.63) is 34.9 Å². The number of aryl methyl sites for hydroxylation is 2. The molecule has 0 saturated carbocycles. The summed E-state index contributed by atoms with van der Waals surface area (Å²) in [6, 6.07) is 4.92. The standard InChI is InChI=1S/C18H27N3O3/c1-11(2)6-15(18(24)19-5)21-16(22)10-20-17(23)14-8-12(3)7-13(4)9-14/h7-9,11,15H,6,10H2,1-5H3,(H,19,24)(H,20,23)(H,21,22). The first-order valence-corrected chi connectivity index (χ1v) is 8.10. The van der Waals surface area contributed by atoms with E-state index in [9.17, 15) is 14.4 Å². The molecule has 6 heteroatoms. The van der Waals surface area contributed by atoms with Crippen LogP contribution >= 0.6 is 0 Å².